The molecule has 1 aromatic rings. The first kappa shape index (κ1) is 8.14. The second-order valence-electron chi connectivity index (χ2n) is 2.51. The molecular formula is C9H6BrClO. The largest absolute Gasteiger partial charge is 0.474 e. The molecule has 1 aliphatic heterocycles. The number of rotatable bonds is 0. The van der Waals surface area contributed by atoms with E-state index in [2.05, 4.69) is 15.9 Å². The molecule has 1 nitrogen and oxygen atoms in total. The molecule has 1 aliphatic rings. The third-order valence-corrected chi connectivity index (χ3v) is 2.37. The van der Waals surface area contributed by atoms with Gasteiger partial charge in [0.15, 0.2) is 5.01 Å². The first-order valence-corrected chi connectivity index (χ1v) is 4.83. The number of ether oxygens (including phenoxy) is 1. The highest BCUT2D eigenvalue weighted by Crippen LogP contribution is 2.29. The molecule has 1 unspecified atom stereocenters. The monoisotopic (exact) mass is 244 g/mol. The van der Waals surface area contributed by atoms with Crippen molar-refractivity contribution >= 4 is 33.6 Å². The van der Waals surface area contributed by atoms with Crippen LogP contribution in [-0.4, -0.2) is 5.01 Å². The van der Waals surface area contributed by atoms with Gasteiger partial charge >= 0.3 is 0 Å². The van der Waals surface area contributed by atoms with Gasteiger partial charge in [0, 0.05) is 10.6 Å². The summed E-state index contributed by atoms with van der Waals surface area (Å²) in [4.78, 5) is 0. The first-order chi connectivity index (χ1) is 5.75. The van der Waals surface area contributed by atoms with Crippen LogP contribution in [0.1, 0.15) is 5.56 Å². The zero-order chi connectivity index (χ0) is 8.55. The summed E-state index contributed by atoms with van der Waals surface area (Å²) >= 11 is 9.15. The Hall–Kier alpha value is -0.470. The molecule has 0 saturated heterocycles. The second kappa shape index (κ2) is 3.11. The van der Waals surface area contributed by atoms with Gasteiger partial charge in [-0.05, 0) is 40.2 Å². The number of fused-ring (bicyclic) bond motifs is 1. The van der Waals surface area contributed by atoms with Gasteiger partial charge in [0.1, 0.15) is 5.75 Å². The fraction of sp³-hybridized carbons (Fsp3) is 0.111. The van der Waals surface area contributed by atoms with Crippen molar-refractivity contribution in [2.45, 2.75) is 5.01 Å². The molecule has 0 aliphatic carbocycles. The smallest absolute Gasteiger partial charge is 0.171 e. The van der Waals surface area contributed by atoms with E-state index in [9.17, 15) is 0 Å². The summed E-state index contributed by atoms with van der Waals surface area (Å²) in [6, 6.07) is 5.57. The average molecular weight is 246 g/mol. The summed E-state index contributed by atoms with van der Waals surface area (Å²) in [7, 11) is 0. The molecule has 0 spiro atoms. The summed E-state index contributed by atoms with van der Waals surface area (Å²) in [6.45, 7) is 0. The minimum absolute atomic E-state index is 0.0221. The highest BCUT2D eigenvalue weighted by molar-refractivity contribution is 9.09. The number of benzene rings is 1. The fourth-order valence-corrected chi connectivity index (χ4v) is 1.63. The zero-order valence-electron chi connectivity index (χ0n) is 6.13. The molecule has 0 fully saturated rings. The van der Waals surface area contributed by atoms with Gasteiger partial charge in [-0.15, -0.1) is 0 Å². The maximum Gasteiger partial charge on any atom is 0.171 e. The van der Waals surface area contributed by atoms with E-state index in [0.717, 1.165) is 16.3 Å². The van der Waals surface area contributed by atoms with Gasteiger partial charge in [0.2, 0.25) is 0 Å². The minimum atomic E-state index is -0.0221. The van der Waals surface area contributed by atoms with E-state index >= 15 is 0 Å². The van der Waals surface area contributed by atoms with Gasteiger partial charge in [-0.25, -0.2) is 0 Å². The second-order valence-corrected chi connectivity index (χ2v) is 3.85. The predicted octanol–water partition coefficient (Wildman–Crippen LogP) is 3.47. The molecular weight excluding hydrogens is 239 g/mol. The lowest BCUT2D eigenvalue weighted by molar-refractivity contribution is 0.334. The van der Waals surface area contributed by atoms with Crippen LogP contribution in [-0.2, 0) is 0 Å². The summed E-state index contributed by atoms with van der Waals surface area (Å²) in [5.74, 6) is 0.865. The van der Waals surface area contributed by atoms with Gasteiger partial charge in [0.25, 0.3) is 0 Å². The Morgan fingerprint density at radius 1 is 1.42 bits per heavy atom. The fourth-order valence-electron chi connectivity index (χ4n) is 1.10. The van der Waals surface area contributed by atoms with Gasteiger partial charge in [-0.3, -0.25) is 0 Å². The van der Waals surface area contributed by atoms with Crippen molar-refractivity contribution in [1.82, 2.24) is 0 Å². The Morgan fingerprint density at radius 3 is 3.08 bits per heavy atom. The third-order valence-electron chi connectivity index (χ3n) is 1.64. The van der Waals surface area contributed by atoms with Gasteiger partial charge in [-0.1, -0.05) is 17.7 Å². The molecule has 2 rings (SSSR count). The van der Waals surface area contributed by atoms with Crippen molar-refractivity contribution in [3.8, 4) is 5.75 Å². The molecule has 1 atom stereocenters. The van der Waals surface area contributed by atoms with Crippen LogP contribution in [0.4, 0.5) is 0 Å². The Balaban J connectivity index is 2.47. The van der Waals surface area contributed by atoms with Crippen molar-refractivity contribution in [2.24, 2.45) is 0 Å². The molecule has 0 saturated carbocycles. The highest BCUT2D eigenvalue weighted by Gasteiger charge is 2.10. The SMILES string of the molecule is Clc1ccc2c(c1)C=CC(Br)O2. The van der Waals surface area contributed by atoms with Crippen molar-refractivity contribution in [3.63, 3.8) is 0 Å². The molecule has 12 heavy (non-hydrogen) atoms. The zero-order valence-corrected chi connectivity index (χ0v) is 8.47. The van der Waals surface area contributed by atoms with Crippen LogP contribution in [0.15, 0.2) is 24.3 Å². The van der Waals surface area contributed by atoms with E-state index in [1.54, 1.807) is 0 Å². The number of hydrogen-bond acceptors (Lipinski definition) is 1. The normalized spacial score (nSPS) is 20.0. The molecule has 0 N–H and O–H groups in total. The standard InChI is InChI=1S/C9H6BrClO/c10-9-4-1-6-5-7(11)2-3-8(6)12-9/h1-5,9H. The van der Waals surface area contributed by atoms with E-state index in [1.807, 2.05) is 30.4 Å². The van der Waals surface area contributed by atoms with E-state index in [1.165, 1.54) is 0 Å². The van der Waals surface area contributed by atoms with Crippen molar-refractivity contribution < 1.29 is 4.74 Å². The lowest BCUT2D eigenvalue weighted by atomic mass is 10.1. The topological polar surface area (TPSA) is 9.23 Å². The molecule has 0 radical (unpaired) electrons. The van der Waals surface area contributed by atoms with Crippen LogP contribution in [0.5, 0.6) is 5.75 Å². The van der Waals surface area contributed by atoms with E-state index in [-0.39, 0.29) is 5.01 Å². The van der Waals surface area contributed by atoms with E-state index in [0.29, 0.717) is 0 Å². The van der Waals surface area contributed by atoms with Crippen LogP contribution >= 0.6 is 27.5 Å². The summed E-state index contributed by atoms with van der Waals surface area (Å²) in [5, 5.41) is 0.709. The molecule has 3 heteroatoms. The van der Waals surface area contributed by atoms with Crippen molar-refractivity contribution in [3.05, 3.63) is 34.9 Å². The average Bonchev–Trinajstić information content (AvgIpc) is 2.05. The number of alkyl halides is 1. The molecule has 1 aromatic carbocycles. The quantitative estimate of drug-likeness (QED) is 0.636. The Morgan fingerprint density at radius 2 is 2.25 bits per heavy atom. The van der Waals surface area contributed by atoms with Crippen LogP contribution < -0.4 is 4.74 Å². The highest BCUT2D eigenvalue weighted by atomic mass is 79.9. The molecule has 0 bridgehead atoms. The third kappa shape index (κ3) is 1.50. The maximum absolute atomic E-state index is 5.81. The van der Waals surface area contributed by atoms with Crippen LogP contribution in [0.2, 0.25) is 5.02 Å². The van der Waals surface area contributed by atoms with E-state index in [4.69, 9.17) is 16.3 Å². The van der Waals surface area contributed by atoms with Gasteiger partial charge in [0.05, 0.1) is 0 Å². The minimum Gasteiger partial charge on any atom is -0.474 e. The molecule has 0 aromatic heterocycles. The Bertz CT molecular complexity index is 335. The lowest BCUT2D eigenvalue weighted by Gasteiger charge is -2.16. The van der Waals surface area contributed by atoms with Crippen LogP contribution in [0, 0.1) is 0 Å². The Kier molecular flexibility index (Phi) is 2.11. The Labute approximate surface area is 84.1 Å². The van der Waals surface area contributed by atoms with E-state index < -0.39 is 0 Å². The predicted molar refractivity (Wildman–Crippen MR) is 53.8 cm³/mol. The lowest BCUT2D eigenvalue weighted by Crippen LogP contribution is -2.08. The van der Waals surface area contributed by atoms with Crippen molar-refractivity contribution in [1.29, 1.82) is 0 Å². The molecule has 1 heterocycles. The van der Waals surface area contributed by atoms with Gasteiger partial charge < -0.3 is 4.74 Å². The molecule has 0 amide bonds. The molecule has 62 valence electrons. The maximum atomic E-state index is 5.81. The summed E-state index contributed by atoms with van der Waals surface area (Å²) < 4.78 is 5.46. The van der Waals surface area contributed by atoms with Crippen LogP contribution in [0.25, 0.3) is 6.08 Å². The first-order valence-electron chi connectivity index (χ1n) is 3.54. The summed E-state index contributed by atoms with van der Waals surface area (Å²) in [6.07, 6.45) is 3.92. The number of hydrogen-bond donors (Lipinski definition) is 0. The number of halogens is 2. The van der Waals surface area contributed by atoms with Crippen LogP contribution in [0.3, 0.4) is 0 Å². The van der Waals surface area contributed by atoms with Gasteiger partial charge in [-0.2, -0.15) is 0 Å². The van der Waals surface area contributed by atoms with Crippen molar-refractivity contribution in [2.75, 3.05) is 0 Å². The summed E-state index contributed by atoms with van der Waals surface area (Å²) in [5.41, 5.74) is 1.03.